The van der Waals surface area contributed by atoms with Crippen LogP contribution in [0.4, 0.5) is 5.69 Å². The number of nitrogens with zero attached hydrogens (tertiary/aromatic N) is 2. The van der Waals surface area contributed by atoms with Crippen LogP contribution in [-0.4, -0.2) is 36.3 Å². The minimum atomic E-state index is 0.103. The van der Waals surface area contributed by atoms with Gasteiger partial charge >= 0.3 is 0 Å². The zero-order chi connectivity index (χ0) is 15.0. The molecule has 2 heterocycles. The number of amides is 2. The summed E-state index contributed by atoms with van der Waals surface area (Å²) in [5, 5.41) is 0. The Morgan fingerprint density at radius 3 is 2.90 bits per heavy atom. The summed E-state index contributed by atoms with van der Waals surface area (Å²) >= 11 is 0. The number of benzene rings is 1. The van der Waals surface area contributed by atoms with Gasteiger partial charge in [0.2, 0.25) is 5.91 Å². The van der Waals surface area contributed by atoms with Gasteiger partial charge in [0.25, 0.3) is 5.91 Å². The van der Waals surface area contributed by atoms with E-state index in [4.69, 9.17) is 0 Å². The fourth-order valence-electron chi connectivity index (χ4n) is 3.42. The van der Waals surface area contributed by atoms with E-state index < -0.39 is 0 Å². The Morgan fingerprint density at radius 1 is 1.38 bits per heavy atom. The molecule has 3 rings (SSSR count). The molecule has 1 atom stereocenters. The van der Waals surface area contributed by atoms with Crippen LogP contribution in [0.15, 0.2) is 18.2 Å². The van der Waals surface area contributed by atoms with E-state index in [9.17, 15) is 9.59 Å². The van der Waals surface area contributed by atoms with Crippen molar-refractivity contribution in [2.75, 3.05) is 24.5 Å². The van der Waals surface area contributed by atoms with Crippen LogP contribution in [0.2, 0.25) is 0 Å². The lowest BCUT2D eigenvalue weighted by molar-refractivity contribution is -0.117. The molecule has 1 saturated heterocycles. The molecule has 2 amide bonds. The van der Waals surface area contributed by atoms with Crippen LogP contribution in [-0.2, 0) is 11.2 Å². The van der Waals surface area contributed by atoms with Crippen molar-refractivity contribution in [2.24, 2.45) is 5.92 Å². The van der Waals surface area contributed by atoms with E-state index in [1.165, 1.54) is 6.42 Å². The molecule has 0 saturated carbocycles. The van der Waals surface area contributed by atoms with Gasteiger partial charge in [0.05, 0.1) is 6.42 Å². The molecular formula is C17H22N2O2. The first-order chi connectivity index (χ1) is 10.1. The molecule has 112 valence electrons. The van der Waals surface area contributed by atoms with Crippen LogP contribution >= 0.6 is 0 Å². The first-order valence-corrected chi connectivity index (χ1v) is 7.82. The maximum atomic E-state index is 12.6. The number of carbonyl (C=O) groups is 2. The number of hydrogen-bond acceptors (Lipinski definition) is 2. The number of anilines is 1. The molecule has 2 aliphatic heterocycles. The van der Waals surface area contributed by atoms with Crippen molar-refractivity contribution < 1.29 is 9.59 Å². The van der Waals surface area contributed by atoms with Gasteiger partial charge in [0.15, 0.2) is 0 Å². The maximum absolute atomic E-state index is 12.6. The topological polar surface area (TPSA) is 40.6 Å². The molecule has 0 aliphatic carbocycles. The van der Waals surface area contributed by atoms with Crippen molar-refractivity contribution in [3.63, 3.8) is 0 Å². The van der Waals surface area contributed by atoms with Gasteiger partial charge < -0.3 is 9.80 Å². The van der Waals surface area contributed by atoms with Gasteiger partial charge in [-0.2, -0.15) is 0 Å². The third kappa shape index (κ3) is 2.55. The zero-order valence-electron chi connectivity index (χ0n) is 12.8. The molecule has 0 radical (unpaired) electrons. The SMILES string of the molecule is CCN1C(=O)Cc2cc(C(=O)N3CCC[C@@H](C)C3)ccc21. The third-order valence-corrected chi connectivity index (χ3v) is 4.52. The van der Waals surface area contributed by atoms with Crippen LogP contribution < -0.4 is 4.90 Å². The Hall–Kier alpha value is -1.84. The van der Waals surface area contributed by atoms with E-state index in [2.05, 4.69) is 6.92 Å². The van der Waals surface area contributed by atoms with Crippen molar-refractivity contribution in [1.82, 2.24) is 4.90 Å². The molecule has 0 unspecified atom stereocenters. The van der Waals surface area contributed by atoms with Crippen molar-refractivity contribution in [3.8, 4) is 0 Å². The highest BCUT2D eigenvalue weighted by atomic mass is 16.2. The largest absolute Gasteiger partial charge is 0.338 e. The van der Waals surface area contributed by atoms with Crippen LogP contribution in [0.25, 0.3) is 0 Å². The maximum Gasteiger partial charge on any atom is 0.253 e. The molecule has 21 heavy (non-hydrogen) atoms. The summed E-state index contributed by atoms with van der Waals surface area (Å²) < 4.78 is 0. The quantitative estimate of drug-likeness (QED) is 0.838. The summed E-state index contributed by atoms with van der Waals surface area (Å²) in [6.07, 6.45) is 2.70. The lowest BCUT2D eigenvalue weighted by atomic mass is 9.99. The molecule has 0 aromatic heterocycles. The predicted octanol–water partition coefficient (Wildman–Crippen LogP) is 2.47. The molecule has 1 fully saturated rings. The van der Waals surface area contributed by atoms with Crippen LogP contribution in [0.3, 0.4) is 0 Å². The fraction of sp³-hybridized carbons (Fsp3) is 0.529. The van der Waals surface area contributed by atoms with Gasteiger partial charge in [-0.25, -0.2) is 0 Å². The minimum Gasteiger partial charge on any atom is -0.338 e. The third-order valence-electron chi connectivity index (χ3n) is 4.52. The molecule has 0 N–H and O–H groups in total. The Balaban J connectivity index is 1.83. The van der Waals surface area contributed by atoms with Gasteiger partial charge in [0.1, 0.15) is 0 Å². The van der Waals surface area contributed by atoms with Gasteiger partial charge in [0, 0.05) is 30.9 Å². The van der Waals surface area contributed by atoms with Crippen molar-refractivity contribution in [2.45, 2.75) is 33.1 Å². The number of hydrogen-bond donors (Lipinski definition) is 0. The zero-order valence-corrected chi connectivity index (χ0v) is 12.8. The summed E-state index contributed by atoms with van der Waals surface area (Å²) in [7, 11) is 0. The summed E-state index contributed by atoms with van der Waals surface area (Å²) in [6.45, 7) is 6.54. The molecular weight excluding hydrogens is 264 g/mol. The summed E-state index contributed by atoms with van der Waals surface area (Å²) in [5.74, 6) is 0.810. The predicted molar refractivity (Wildman–Crippen MR) is 82.5 cm³/mol. The molecule has 2 aliphatic rings. The number of fused-ring (bicyclic) bond motifs is 1. The van der Waals surface area contributed by atoms with Gasteiger partial charge in [-0.1, -0.05) is 6.92 Å². The van der Waals surface area contributed by atoms with E-state index in [1.807, 2.05) is 30.0 Å². The monoisotopic (exact) mass is 286 g/mol. The van der Waals surface area contributed by atoms with E-state index in [0.717, 1.165) is 30.8 Å². The lowest BCUT2D eigenvalue weighted by Gasteiger charge is -2.31. The highest BCUT2D eigenvalue weighted by Gasteiger charge is 2.28. The van der Waals surface area contributed by atoms with E-state index in [1.54, 1.807) is 4.90 Å². The van der Waals surface area contributed by atoms with Gasteiger partial charge in [-0.15, -0.1) is 0 Å². The molecule has 0 spiro atoms. The first-order valence-electron chi connectivity index (χ1n) is 7.82. The summed E-state index contributed by atoms with van der Waals surface area (Å²) in [5.41, 5.74) is 2.66. The Labute approximate surface area is 125 Å². The second-order valence-corrected chi connectivity index (χ2v) is 6.16. The number of rotatable bonds is 2. The lowest BCUT2D eigenvalue weighted by Crippen LogP contribution is -2.39. The van der Waals surface area contributed by atoms with E-state index in [-0.39, 0.29) is 11.8 Å². The smallest absolute Gasteiger partial charge is 0.253 e. The van der Waals surface area contributed by atoms with Gasteiger partial charge in [-0.05, 0) is 49.4 Å². The Kier molecular flexibility index (Phi) is 3.70. The number of likely N-dealkylation sites (tertiary alicyclic amines) is 1. The standard InChI is InChI=1S/C17H22N2O2/c1-3-19-15-7-6-13(9-14(15)10-16(19)20)17(21)18-8-4-5-12(2)11-18/h6-7,9,12H,3-5,8,10-11H2,1-2H3/t12-/m1/s1. The number of carbonyl (C=O) groups excluding carboxylic acids is 2. The Bertz CT molecular complexity index is 582. The average Bonchev–Trinajstić information content (AvgIpc) is 2.80. The number of likely N-dealkylation sites (N-methyl/N-ethyl adjacent to an activating group) is 1. The summed E-state index contributed by atoms with van der Waals surface area (Å²) in [4.78, 5) is 28.3. The molecule has 0 bridgehead atoms. The molecule has 1 aromatic rings. The fourth-order valence-corrected chi connectivity index (χ4v) is 3.42. The highest BCUT2D eigenvalue weighted by molar-refractivity contribution is 6.03. The van der Waals surface area contributed by atoms with E-state index in [0.29, 0.717) is 24.4 Å². The van der Waals surface area contributed by atoms with Crippen molar-refractivity contribution in [1.29, 1.82) is 0 Å². The second-order valence-electron chi connectivity index (χ2n) is 6.16. The highest BCUT2D eigenvalue weighted by Crippen LogP contribution is 2.30. The van der Waals surface area contributed by atoms with E-state index >= 15 is 0 Å². The molecule has 4 heteroatoms. The molecule has 4 nitrogen and oxygen atoms in total. The second kappa shape index (κ2) is 5.51. The average molecular weight is 286 g/mol. The van der Waals surface area contributed by atoms with Crippen molar-refractivity contribution >= 4 is 17.5 Å². The van der Waals surface area contributed by atoms with Crippen molar-refractivity contribution in [3.05, 3.63) is 29.3 Å². The number of piperidine rings is 1. The van der Waals surface area contributed by atoms with Gasteiger partial charge in [-0.3, -0.25) is 9.59 Å². The molecule has 1 aromatic carbocycles. The summed E-state index contributed by atoms with van der Waals surface area (Å²) in [6, 6.07) is 5.69. The first kappa shape index (κ1) is 14.1. The van der Waals surface area contributed by atoms with Crippen LogP contribution in [0.1, 0.15) is 42.6 Å². The normalized spacial score (nSPS) is 21.6. The van der Waals surface area contributed by atoms with Crippen LogP contribution in [0, 0.1) is 5.92 Å². The Morgan fingerprint density at radius 2 is 2.19 bits per heavy atom. The van der Waals surface area contributed by atoms with Crippen LogP contribution in [0.5, 0.6) is 0 Å². The minimum absolute atomic E-state index is 0.103.